The Hall–Kier alpha value is -3.55. The Kier molecular flexibility index (Phi) is 6.36. The van der Waals surface area contributed by atoms with Crippen LogP contribution in [0.15, 0.2) is 18.3 Å². The largest absolute Gasteiger partial charge is 0.480 e. The summed E-state index contributed by atoms with van der Waals surface area (Å²) in [6.45, 7) is -3.38. The molecular formula is C21H22F4N8O2. The van der Waals surface area contributed by atoms with Crippen molar-refractivity contribution in [2.45, 2.75) is 57.4 Å². The van der Waals surface area contributed by atoms with Crippen LogP contribution in [-0.2, 0) is 11.3 Å². The topological polar surface area (TPSA) is 116 Å². The van der Waals surface area contributed by atoms with E-state index in [-0.39, 0.29) is 11.7 Å². The number of nitrogens with zero attached hydrogens (tertiary/aromatic N) is 6. The normalized spacial score (nSPS) is 18.7. The highest BCUT2D eigenvalue weighted by atomic mass is 19.3. The quantitative estimate of drug-likeness (QED) is 0.353. The van der Waals surface area contributed by atoms with Gasteiger partial charge < -0.3 is 19.8 Å². The zero-order chi connectivity index (χ0) is 24.5. The van der Waals surface area contributed by atoms with E-state index in [1.165, 1.54) is 7.11 Å². The lowest BCUT2D eigenvalue weighted by atomic mass is 9.93. The van der Waals surface area contributed by atoms with E-state index in [9.17, 15) is 17.6 Å². The second-order valence-corrected chi connectivity index (χ2v) is 8.20. The summed E-state index contributed by atoms with van der Waals surface area (Å²) in [5.41, 5.74) is 2.24. The number of aromatic nitrogens is 7. The Morgan fingerprint density at radius 3 is 2.63 bits per heavy atom. The summed E-state index contributed by atoms with van der Waals surface area (Å²) in [5.74, 6) is 0.633. The van der Waals surface area contributed by atoms with Crippen molar-refractivity contribution in [2.75, 3.05) is 12.4 Å². The van der Waals surface area contributed by atoms with E-state index in [1.54, 1.807) is 18.3 Å². The highest BCUT2D eigenvalue weighted by molar-refractivity contribution is 5.97. The summed E-state index contributed by atoms with van der Waals surface area (Å²) in [6.07, 6.45) is 0.952. The molecule has 4 aromatic rings. The second kappa shape index (κ2) is 9.60. The maximum atomic E-state index is 12.9. The van der Waals surface area contributed by atoms with Crippen LogP contribution in [0.3, 0.4) is 0 Å². The molecule has 4 heterocycles. The van der Waals surface area contributed by atoms with Crippen molar-refractivity contribution in [3.05, 3.63) is 18.3 Å². The highest BCUT2D eigenvalue weighted by Crippen LogP contribution is 2.34. The lowest BCUT2D eigenvalue weighted by molar-refractivity contribution is -0.169. The van der Waals surface area contributed by atoms with Gasteiger partial charge >= 0.3 is 6.61 Å². The summed E-state index contributed by atoms with van der Waals surface area (Å²) in [5, 5.41) is 11.5. The molecule has 186 valence electrons. The van der Waals surface area contributed by atoms with Gasteiger partial charge in [-0.15, -0.1) is 5.10 Å². The molecule has 0 spiro atoms. The molecule has 1 fully saturated rings. The molecule has 0 aromatic carbocycles. The Labute approximate surface area is 196 Å². The standard InChI is InChI=1S/C21H22F4N8O2/c1-34-19-16-12(13-6-7-14-18(28-13)33(32-31-14)9-15(22)23)8-26-17(16)29-21(30-19)27-10-2-4-11(5-3-10)35-20(24)25/h6-8,10-11,15,20H,2-5,9H2,1H3,(H2,26,27,29,30)/t10-,11+. The SMILES string of the molecule is COc1nc(N[C@H]2CC[C@@H](OC(F)F)CC2)nc2[nH]cc(-c3ccc4nnn(CC(F)F)c4n3)c12. The van der Waals surface area contributed by atoms with Crippen molar-refractivity contribution < 1.29 is 27.0 Å². The van der Waals surface area contributed by atoms with Crippen LogP contribution in [0.5, 0.6) is 5.88 Å². The number of fused-ring (bicyclic) bond motifs is 2. The molecule has 0 atom stereocenters. The molecule has 0 bridgehead atoms. The fourth-order valence-corrected chi connectivity index (χ4v) is 4.34. The van der Waals surface area contributed by atoms with Crippen LogP contribution in [0.25, 0.3) is 33.5 Å². The van der Waals surface area contributed by atoms with Gasteiger partial charge in [-0.25, -0.2) is 18.4 Å². The monoisotopic (exact) mass is 494 g/mol. The molecular weight excluding hydrogens is 472 g/mol. The number of methoxy groups -OCH3 is 1. The van der Waals surface area contributed by atoms with Crippen LogP contribution in [0.2, 0.25) is 0 Å². The molecule has 1 aliphatic rings. The van der Waals surface area contributed by atoms with Gasteiger partial charge in [0.05, 0.1) is 24.3 Å². The molecule has 1 saturated carbocycles. The van der Waals surface area contributed by atoms with Gasteiger partial charge in [0.25, 0.3) is 6.43 Å². The Morgan fingerprint density at radius 2 is 1.91 bits per heavy atom. The first-order valence-corrected chi connectivity index (χ1v) is 11.0. The number of ether oxygens (including phenoxy) is 2. The third kappa shape index (κ3) is 4.83. The van der Waals surface area contributed by atoms with E-state index < -0.39 is 25.7 Å². The second-order valence-electron chi connectivity index (χ2n) is 8.20. The maximum absolute atomic E-state index is 12.9. The minimum atomic E-state index is -2.77. The van der Waals surface area contributed by atoms with E-state index >= 15 is 0 Å². The number of nitrogens with one attached hydrogen (secondary N) is 2. The van der Waals surface area contributed by atoms with Gasteiger partial charge in [-0.1, -0.05) is 5.21 Å². The van der Waals surface area contributed by atoms with E-state index in [2.05, 4.69) is 40.3 Å². The third-order valence-corrected chi connectivity index (χ3v) is 5.94. The van der Waals surface area contributed by atoms with Gasteiger partial charge in [0.1, 0.15) is 17.7 Å². The van der Waals surface area contributed by atoms with E-state index in [0.29, 0.717) is 65.3 Å². The Bertz CT molecular complexity index is 1320. The lowest BCUT2D eigenvalue weighted by Gasteiger charge is -2.28. The number of alkyl halides is 4. The Morgan fingerprint density at radius 1 is 1.11 bits per heavy atom. The van der Waals surface area contributed by atoms with Crippen LogP contribution in [0.4, 0.5) is 23.5 Å². The molecule has 0 unspecified atom stereocenters. The van der Waals surface area contributed by atoms with E-state index in [0.717, 1.165) is 4.68 Å². The molecule has 10 nitrogen and oxygen atoms in total. The summed E-state index contributed by atoms with van der Waals surface area (Å²) >= 11 is 0. The minimum absolute atomic E-state index is 0.0100. The number of aromatic amines is 1. The summed E-state index contributed by atoms with van der Waals surface area (Å²) in [7, 11) is 1.48. The average molecular weight is 494 g/mol. The van der Waals surface area contributed by atoms with Gasteiger partial charge in [0.2, 0.25) is 11.8 Å². The van der Waals surface area contributed by atoms with Crippen molar-refractivity contribution >= 4 is 28.1 Å². The molecule has 1 aliphatic carbocycles. The van der Waals surface area contributed by atoms with Crippen molar-refractivity contribution in [2.24, 2.45) is 0 Å². The van der Waals surface area contributed by atoms with Crippen LogP contribution in [0.1, 0.15) is 25.7 Å². The Balaban J connectivity index is 1.41. The fourth-order valence-electron chi connectivity index (χ4n) is 4.34. The maximum Gasteiger partial charge on any atom is 0.345 e. The minimum Gasteiger partial charge on any atom is -0.480 e. The summed E-state index contributed by atoms with van der Waals surface area (Å²) in [4.78, 5) is 16.6. The number of pyridine rings is 1. The van der Waals surface area contributed by atoms with Gasteiger partial charge in [0, 0.05) is 17.8 Å². The number of halogens is 4. The zero-order valence-electron chi connectivity index (χ0n) is 18.6. The predicted octanol–water partition coefficient (Wildman–Crippen LogP) is 4.00. The van der Waals surface area contributed by atoms with Crippen molar-refractivity contribution in [3.63, 3.8) is 0 Å². The number of anilines is 1. The molecule has 4 aromatic heterocycles. The lowest BCUT2D eigenvalue weighted by Crippen LogP contribution is -2.31. The summed E-state index contributed by atoms with van der Waals surface area (Å²) < 4.78 is 61.8. The van der Waals surface area contributed by atoms with Crippen molar-refractivity contribution in [3.8, 4) is 17.1 Å². The first-order valence-electron chi connectivity index (χ1n) is 11.0. The highest BCUT2D eigenvalue weighted by Gasteiger charge is 2.25. The fraction of sp³-hybridized carbons (Fsp3) is 0.476. The first kappa shape index (κ1) is 23.2. The number of hydrogen-bond donors (Lipinski definition) is 2. The van der Waals surface area contributed by atoms with Gasteiger partial charge in [-0.3, -0.25) is 0 Å². The van der Waals surface area contributed by atoms with Crippen LogP contribution in [0, 0.1) is 0 Å². The number of rotatable bonds is 8. The van der Waals surface area contributed by atoms with E-state index in [1.807, 2.05) is 0 Å². The van der Waals surface area contributed by atoms with Crippen molar-refractivity contribution in [1.82, 2.24) is 34.9 Å². The van der Waals surface area contributed by atoms with E-state index in [4.69, 9.17) is 4.74 Å². The van der Waals surface area contributed by atoms with Crippen molar-refractivity contribution in [1.29, 1.82) is 0 Å². The average Bonchev–Trinajstić information content (AvgIpc) is 3.43. The number of hydrogen-bond acceptors (Lipinski definition) is 8. The van der Waals surface area contributed by atoms with Crippen LogP contribution < -0.4 is 10.1 Å². The van der Waals surface area contributed by atoms with Gasteiger partial charge in [-0.2, -0.15) is 18.7 Å². The molecule has 0 saturated heterocycles. The molecule has 0 amide bonds. The molecule has 0 radical (unpaired) electrons. The zero-order valence-corrected chi connectivity index (χ0v) is 18.6. The number of H-pyrrole nitrogens is 1. The first-order chi connectivity index (χ1) is 16.9. The molecule has 0 aliphatic heterocycles. The third-order valence-electron chi connectivity index (χ3n) is 5.94. The predicted molar refractivity (Wildman–Crippen MR) is 118 cm³/mol. The summed E-state index contributed by atoms with van der Waals surface area (Å²) in [6, 6.07) is 3.37. The molecule has 35 heavy (non-hydrogen) atoms. The van der Waals surface area contributed by atoms with Gasteiger partial charge in [-0.05, 0) is 37.8 Å². The van der Waals surface area contributed by atoms with Gasteiger partial charge in [0.15, 0.2) is 5.65 Å². The smallest absolute Gasteiger partial charge is 0.345 e. The van der Waals surface area contributed by atoms with Crippen LogP contribution >= 0.6 is 0 Å². The molecule has 14 heteroatoms. The molecule has 5 rings (SSSR count). The molecule has 2 N–H and O–H groups in total. The van der Waals surface area contributed by atoms with Crippen LogP contribution in [-0.4, -0.2) is 67.2 Å².